The Hall–Kier alpha value is -7.59. The number of unbranched alkanes of at least 4 members (excludes halogenated alkanes) is 14. The average Bonchev–Trinajstić information content (AvgIpc) is 2.34. The molecule has 23 nitrogen and oxygen atoms in total. The van der Waals surface area contributed by atoms with Crippen molar-refractivity contribution in [2.24, 2.45) is 17.8 Å². The number of H-pyrrole nitrogens is 1. The van der Waals surface area contributed by atoms with Gasteiger partial charge in [-0.3, -0.25) is 43.2 Å². The average molecular weight is 1240 g/mol. The van der Waals surface area contributed by atoms with Crippen LogP contribution in [0.25, 0.3) is 22.5 Å². The van der Waals surface area contributed by atoms with Crippen LogP contribution in [-0.2, 0) is 54.5 Å². The van der Waals surface area contributed by atoms with Crippen molar-refractivity contribution >= 4 is 59.6 Å². The van der Waals surface area contributed by atoms with Crippen LogP contribution in [0.4, 0.5) is 0 Å². The molecular weight excluding hydrogens is 1140 g/mol. The first-order valence-corrected chi connectivity index (χ1v) is 32.5. The maximum absolute atomic E-state index is 14.4. The third-order valence-corrected chi connectivity index (χ3v) is 15.7. The van der Waals surface area contributed by atoms with Gasteiger partial charge in [-0.2, -0.15) is 5.21 Å². The molecule has 3 rings (SSSR count). The highest BCUT2D eigenvalue weighted by molar-refractivity contribution is 5.96. The van der Waals surface area contributed by atoms with Gasteiger partial charge < -0.3 is 51.8 Å². The number of nitrogens with zero attached hydrogens (tertiary/aromatic N) is 4. The molecule has 0 fully saturated rings. The molecule has 3 aromatic rings. The lowest BCUT2D eigenvalue weighted by molar-refractivity contribution is -0.143. The van der Waals surface area contributed by atoms with E-state index in [0.717, 1.165) is 54.4 Å². The molecule has 0 bridgehead atoms. The Morgan fingerprint density at radius 2 is 1.06 bits per heavy atom. The van der Waals surface area contributed by atoms with Gasteiger partial charge in [-0.1, -0.05) is 187 Å². The normalized spacial score (nSPS) is 13.3. The first-order valence-electron chi connectivity index (χ1n) is 32.5. The second kappa shape index (κ2) is 42.4. The van der Waals surface area contributed by atoms with E-state index in [2.05, 4.69) is 59.4 Å². The summed E-state index contributed by atoms with van der Waals surface area (Å²) in [7, 11) is 0. The van der Waals surface area contributed by atoms with Gasteiger partial charge in [0.15, 0.2) is 0 Å². The number of nitrogens with one attached hydrogen (secondary N) is 7. The number of carboxylic acid groups (broad SMARTS) is 2. The fraction of sp³-hybridized carbons (Fsp3) is 0.652. The van der Waals surface area contributed by atoms with E-state index in [0.29, 0.717) is 37.8 Å². The fourth-order valence-electron chi connectivity index (χ4n) is 10.5. The quantitative estimate of drug-likeness (QED) is 0.0189. The molecule has 7 amide bonds. The summed E-state index contributed by atoms with van der Waals surface area (Å²) >= 11 is 0. The Morgan fingerprint density at radius 1 is 0.528 bits per heavy atom. The number of tetrazole rings is 1. The lowest BCUT2D eigenvalue weighted by atomic mass is 9.97. The zero-order valence-corrected chi connectivity index (χ0v) is 54.0. The van der Waals surface area contributed by atoms with Gasteiger partial charge in [0.05, 0.1) is 6.04 Å². The largest absolute Gasteiger partial charge is 0.481 e. The second-order valence-corrected chi connectivity index (χ2v) is 24.3. The number of rotatable bonds is 47. The maximum atomic E-state index is 14.4. The zero-order valence-electron chi connectivity index (χ0n) is 54.0. The molecule has 1 heterocycles. The van der Waals surface area contributed by atoms with Gasteiger partial charge >= 0.3 is 11.9 Å². The van der Waals surface area contributed by atoms with Crippen LogP contribution in [0.1, 0.15) is 215 Å². The van der Waals surface area contributed by atoms with E-state index in [1.54, 1.807) is 32.6 Å². The van der Waals surface area contributed by atoms with Crippen LogP contribution in [0.15, 0.2) is 48.5 Å². The summed E-state index contributed by atoms with van der Waals surface area (Å²) in [6, 6.07) is 8.38. The molecule has 89 heavy (non-hydrogen) atoms. The number of aromatic nitrogens is 4. The van der Waals surface area contributed by atoms with Gasteiger partial charge in [0.2, 0.25) is 47.2 Å². The predicted molar refractivity (Wildman–Crippen MR) is 340 cm³/mol. The number of aliphatic carboxylic acids is 2. The molecular formula is C66H103N11O12. The highest BCUT2D eigenvalue weighted by Gasteiger charge is 2.36. The smallest absolute Gasteiger partial charge is 0.303 e. The first-order chi connectivity index (χ1) is 42.6. The van der Waals surface area contributed by atoms with Crippen molar-refractivity contribution in [2.45, 2.75) is 252 Å². The molecule has 2 aromatic carbocycles. The Balaban J connectivity index is 1.77. The molecule has 0 aliphatic heterocycles. The molecule has 0 spiro atoms. The molecule has 9 N–H and O–H groups in total. The minimum atomic E-state index is -1.48. The van der Waals surface area contributed by atoms with Gasteiger partial charge in [-0.05, 0) is 84.6 Å². The van der Waals surface area contributed by atoms with Crippen LogP contribution >= 0.6 is 0 Å². The van der Waals surface area contributed by atoms with Gasteiger partial charge in [-0.15, -0.1) is 10.2 Å². The Bertz CT molecular complexity index is 2650. The SMILES string of the molecule is CCCCCCCCCCCCCCCC(=O)N[C@H](CCCCNC(=O)[C@H](C(C)C)N(Cc1ccc(-c2ccccc2-c2nn[nH]n2)cc1)C(=O)CCCC)C(=O)N[C@H](C(=O)NC(C(=O)N[C@@H](CCC(=O)O)C(=O)N[C@H](C=O)CCC(=O)O)C(C)C)C(C)C. The number of carbonyl (C=O) groups is 10. The van der Waals surface area contributed by atoms with Crippen LogP contribution in [-0.4, -0.2) is 138 Å². The number of carboxylic acids is 2. The molecule has 0 aliphatic rings. The van der Waals surface area contributed by atoms with Crippen molar-refractivity contribution < 1.29 is 58.2 Å². The zero-order chi connectivity index (χ0) is 65.7. The summed E-state index contributed by atoms with van der Waals surface area (Å²) < 4.78 is 0. The number of benzene rings is 2. The van der Waals surface area contributed by atoms with Gasteiger partial charge in [-0.25, -0.2) is 0 Å². The minimum absolute atomic E-state index is 0.140. The van der Waals surface area contributed by atoms with Crippen LogP contribution in [0, 0.1) is 17.8 Å². The monoisotopic (exact) mass is 1240 g/mol. The Morgan fingerprint density at radius 3 is 1.60 bits per heavy atom. The third-order valence-electron chi connectivity index (χ3n) is 15.7. The maximum Gasteiger partial charge on any atom is 0.303 e. The molecule has 0 saturated heterocycles. The Labute approximate surface area is 526 Å². The van der Waals surface area contributed by atoms with Gasteiger partial charge in [0.1, 0.15) is 36.5 Å². The highest BCUT2D eigenvalue weighted by atomic mass is 16.4. The van der Waals surface area contributed by atoms with Crippen molar-refractivity contribution in [1.82, 2.24) is 57.4 Å². The molecule has 0 saturated carbocycles. The van der Waals surface area contributed by atoms with E-state index in [1.807, 2.05) is 69.3 Å². The summed E-state index contributed by atoms with van der Waals surface area (Å²) in [5.41, 5.74) is 3.44. The standard InChI is InChI=1S/C66H103N11O12/c1-9-11-13-14-15-16-17-18-19-20-21-22-23-31-54(79)69-52(63(86)71-59(45(5)6)65(88)72-58(44(3)4)64(87)70-53(38-40-57(83)84)62(85)68-49(43-78)37-39-56(81)82)30-26-27-41-67-66(89)60(46(7)8)77(55(80)32-12-10-2)42-47-33-35-48(36-34-47)50-28-24-25-29-51(50)61-73-75-76-74-61/h24-25,28-29,33-36,43-46,49,52-53,58-60H,9-23,26-27,30-32,37-42H2,1-8H3,(H,67,89)(H,68,85)(H,69,79)(H,70,87)(H,71,86)(H,72,88)(H,81,82)(H,83,84)(H,73,74,75,76)/t49-,52+,53-,58?,59-,60-/m0/s1. The molecule has 1 aromatic heterocycles. The fourth-order valence-corrected chi connectivity index (χ4v) is 10.5. The number of carbonyl (C=O) groups excluding carboxylic acids is 8. The van der Waals surface area contributed by atoms with Crippen molar-refractivity contribution in [1.29, 1.82) is 0 Å². The molecule has 0 radical (unpaired) electrons. The summed E-state index contributed by atoms with van der Waals surface area (Å²) in [4.78, 5) is 134. The van der Waals surface area contributed by atoms with Crippen molar-refractivity contribution in [3.63, 3.8) is 0 Å². The molecule has 6 atom stereocenters. The number of aldehydes is 1. The van der Waals surface area contributed by atoms with E-state index in [1.165, 1.54) is 51.4 Å². The van der Waals surface area contributed by atoms with Crippen LogP contribution in [0.3, 0.4) is 0 Å². The van der Waals surface area contributed by atoms with Crippen LogP contribution in [0.2, 0.25) is 0 Å². The van der Waals surface area contributed by atoms with E-state index in [4.69, 9.17) is 5.11 Å². The van der Waals surface area contributed by atoms with Crippen LogP contribution < -0.4 is 31.9 Å². The lowest BCUT2D eigenvalue weighted by Crippen LogP contribution is -2.60. The van der Waals surface area contributed by atoms with Crippen molar-refractivity contribution in [3.8, 4) is 22.5 Å². The van der Waals surface area contributed by atoms with Gasteiger partial charge in [0.25, 0.3) is 0 Å². The summed E-state index contributed by atoms with van der Waals surface area (Å²) in [5, 5.41) is 49.3. The Kier molecular flexibility index (Phi) is 36.0. The minimum Gasteiger partial charge on any atom is -0.481 e. The topological polar surface area (TPSA) is 341 Å². The second-order valence-electron chi connectivity index (χ2n) is 24.3. The summed E-state index contributed by atoms with van der Waals surface area (Å²) in [6.07, 6.45) is 16.3. The molecule has 1 unspecified atom stereocenters. The van der Waals surface area contributed by atoms with Crippen LogP contribution in [0.5, 0.6) is 0 Å². The molecule has 494 valence electrons. The van der Waals surface area contributed by atoms with E-state index < -0.39 is 103 Å². The van der Waals surface area contributed by atoms with Gasteiger partial charge in [0, 0.05) is 44.3 Å². The number of amides is 7. The summed E-state index contributed by atoms with van der Waals surface area (Å²) in [6.45, 7) is 15.1. The predicted octanol–water partition coefficient (Wildman–Crippen LogP) is 8.51. The van der Waals surface area contributed by atoms with E-state index in [9.17, 15) is 53.1 Å². The number of hydrogen-bond donors (Lipinski definition) is 9. The van der Waals surface area contributed by atoms with Crippen molar-refractivity contribution in [2.75, 3.05) is 6.54 Å². The first kappa shape index (κ1) is 75.7. The molecule has 23 heteroatoms. The third kappa shape index (κ3) is 28.6. The lowest BCUT2D eigenvalue weighted by Gasteiger charge is -2.34. The highest BCUT2D eigenvalue weighted by Crippen LogP contribution is 2.30. The van der Waals surface area contributed by atoms with E-state index >= 15 is 0 Å². The molecule has 0 aliphatic carbocycles. The summed E-state index contributed by atoms with van der Waals surface area (Å²) in [5.74, 6) is -7.39. The van der Waals surface area contributed by atoms with Crippen molar-refractivity contribution in [3.05, 3.63) is 54.1 Å². The number of aromatic amines is 1. The number of hydrogen-bond acceptors (Lipinski definition) is 13. The van der Waals surface area contributed by atoms with E-state index in [-0.39, 0.29) is 62.4 Å².